The first-order valence-corrected chi connectivity index (χ1v) is 15.0. The van der Waals surface area contributed by atoms with E-state index in [2.05, 4.69) is 45.5 Å². The topological polar surface area (TPSA) is 101 Å². The number of carboxylic acid groups (broad SMARTS) is 1. The first-order valence-electron chi connectivity index (χ1n) is 15.0. The number of fused-ring (bicyclic) bond motifs is 1. The lowest BCUT2D eigenvalue weighted by Gasteiger charge is -2.25. The zero-order chi connectivity index (χ0) is 26.9. The normalized spacial score (nSPS) is 18.3. The minimum absolute atomic E-state index is 0.00881. The Hall–Kier alpha value is -3.13. The smallest absolute Gasteiger partial charge is 0.303 e. The molecule has 3 aromatic rings. The van der Waals surface area contributed by atoms with Crippen LogP contribution < -0.4 is 10.6 Å². The number of carboxylic acids is 1. The van der Waals surface area contributed by atoms with Crippen LogP contribution in [0.25, 0.3) is 11.2 Å². The van der Waals surface area contributed by atoms with E-state index in [0.29, 0.717) is 6.04 Å². The number of anilines is 3. The van der Waals surface area contributed by atoms with Gasteiger partial charge in [0.05, 0.1) is 12.0 Å². The molecule has 3 N–H and O–H groups in total. The average Bonchev–Trinajstić information content (AvgIpc) is 3.39. The third-order valence-corrected chi connectivity index (χ3v) is 8.04. The van der Waals surface area contributed by atoms with Crippen molar-refractivity contribution in [3.63, 3.8) is 0 Å². The molecule has 1 saturated heterocycles. The number of unbranched alkanes of at least 4 members (excludes halogenated alkanes) is 4. The molecule has 1 aliphatic carbocycles. The number of nitrogens with zero attached hydrogens (tertiary/aromatic N) is 3. The van der Waals surface area contributed by atoms with E-state index in [-0.39, 0.29) is 12.6 Å². The number of imidazole rings is 1. The molecule has 1 aromatic carbocycles. The van der Waals surface area contributed by atoms with Gasteiger partial charge in [-0.25, -0.2) is 9.97 Å². The van der Waals surface area contributed by atoms with Crippen LogP contribution >= 0.6 is 0 Å². The van der Waals surface area contributed by atoms with E-state index in [4.69, 9.17) is 19.8 Å². The van der Waals surface area contributed by atoms with Crippen molar-refractivity contribution < 1.29 is 14.6 Å². The van der Waals surface area contributed by atoms with Gasteiger partial charge in [-0.2, -0.15) is 0 Å². The molecule has 0 bridgehead atoms. The molecule has 5 rings (SSSR count). The fourth-order valence-corrected chi connectivity index (χ4v) is 5.84. The lowest BCUT2D eigenvalue weighted by atomic mass is 9.95. The number of nitrogens with one attached hydrogen (secondary N) is 2. The molecule has 2 aromatic heterocycles. The monoisotopic (exact) mass is 533 g/mol. The van der Waals surface area contributed by atoms with Gasteiger partial charge in [0.2, 0.25) is 0 Å². The van der Waals surface area contributed by atoms with Crippen molar-refractivity contribution in [3.8, 4) is 0 Å². The van der Waals surface area contributed by atoms with Crippen LogP contribution in [-0.4, -0.2) is 38.3 Å². The molecule has 1 atom stereocenters. The zero-order valence-corrected chi connectivity index (χ0v) is 23.0. The first-order chi connectivity index (χ1) is 19.2. The molecule has 0 radical (unpaired) electrons. The summed E-state index contributed by atoms with van der Waals surface area (Å²) >= 11 is 0. The van der Waals surface area contributed by atoms with E-state index in [0.717, 1.165) is 92.8 Å². The molecule has 1 unspecified atom stereocenters. The Labute approximate surface area is 231 Å². The van der Waals surface area contributed by atoms with Crippen molar-refractivity contribution in [3.05, 3.63) is 42.2 Å². The number of benzene rings is 1. The Morgan fingerprint density at radius 2 is 1.74 bits per heavy atom. The molecule has 1 saturated carbocycles. The van der Waals surface area contributed by atoms with Crippen LogP contribution in [0.2, 0.25) is 0 Å². The molecule has 8 nitrogen and oxygen atoms in total. The minimum atomic E-state index is -0.695. The molecule has 39 heavy (non-hydrogen) atoms. The van der Waals surface area contributed by atoms with Gasteiger partial charge in [-0.1, -0.05) is 50.7 Å². The first kappa shape index (κ1) is 27.4. The predicted octanol–water partition coefficient (Wildman–Crippen LogP) is 7.59. The number of rotatable bonds is 13. The quantitative estimate of drug-likeness (QED) is 0.195. The fourth-order valence-electron chi connectivity index (χ4n) is 5.84. The number of hydrogen-bond acceptors (Lipinski definition) is 6. The molecule has 1 aliphatic heterocycles. The summed E-state index contributed by atoms with van der Waals surface area (Å²) < 4.78 is 8.19. The van der Waals surface area contributed by atoms with E-state index in [1.165, 1.54) is 37.7 Å². The molecule has 0 amide bonds. The Morgan fingerprint density at radius 3 is 2.51 bits per heavy atom. The Morgan fingerprint density at radius 1 is 0.974 bits per heavy atom. The number of pyridine rings is 1. The van der Waals surface area contributed by atoms with Crippen LogP contribution in [-0.2, 0) is 16.0 Å². The lowest BCUT2D eigenvalue weighted by Crippen LogP contribution is -2.22. The maximum absolute atomic E-state index is 10.6. The van der Waals surface area contributed by atoms with Crippen LogP contribution in [0.15, 0.2) is 36.7 Å². The number of aliphatic carboxylic acids is 1. The zero-order valence-electron chi connectivity index (χ0n) is 23.0. The van der Waals surface area contributed by atoms with Gasteiger partial charge in [-0.15, -0.1) is 0 Å². The van der Waals surface area contributed by atoms with Crippen molar-refractivity contribution in [2.24, 2.45) is 0 Å². The van der Waals surface area contributed by atoms with Gasteiger partial charge in [0.15, 0.2) is 5.65 Å². The summed E-state index contributed by atoms with van der Waals surface area (Å²) in [6.07, 6.45) is 17.9. The summed E-state index contributed by atoms with van der Waals surface area (Å²) in [4.78, 5) is 20.4. The van der Waals surface area contributed by atoms with Crippen molar-refractivity contribution in [1.82, 2.24) is 14.5 Å². The number of aromatic nitrogens is 3. The number of aryl methyl sites for hydroxylation is 1. The third kappa shape index (κ3) is 7.72. The Bertz CT molecular complexity index is 1200. The van der Waals surface area contributed by atoms with Gasteiger partial charge >= 0.3 is 5.97 Å². The summed E-state index contributed by atoms with van der Waals surface area (Å²) in [5.41, 5.74) is 5.16. The highest BCUT2D eigenvalue weighted by Gasteiger charge is 2.22. The molecular weight excluding hydrogens is 490 g/mol. The van der Waals surface area contributed by atoms with Gasteiger partial charge < -0.3 is 20.5 Å². The summed E-state index contributed by atoms with van der Waals surface area (Å²) in [5.74, 6) is 0.117. The van der Waals surface area contributed by atoms with E-state index in [9.17, 15) is 4.79 Å². The number of ether oxygens (including phenoxy) is 1. The molecule has 3 heterocycles. The maximum Gasteiger partial charge on any atom is 0.303 e. The number of carbonyl (C=O) groups is 1. The van der Waals surface area contributed by atoms with Crippen LogP contribution in [0.5, 0.6) is 0 Å². The van der Waals surface area contributed by atoms with E-state index in [1.807, 2.05) is 6.33 Å². The highest BCUT2D eigenvalue weighted by Crippen LogP contribution is 2.32. The molecular formula is C31H43N5O3. The van der Waals surface area contributed by atoms with Crippen LogP contribution in [0, 0.1) is 0 Å². The summed E-state index contributed by atoms with van der Waals surface area (Å²) in [6, 6.07) is 11.2. The van der Waals surface area contributed by atoms with Crippen molar-refractivity contribution in [2.45, 2.75) is 109 Å². The molecule has 2 fully saturated rings. The summed E-state index contributed by atoms with van der Waals surface area (Å²) in [5, 5.41) is 16.1. The average molecular weight is 534 g/mol. The van der Waals surface area contributed by atoms with Crippen LogP contribution in [0.4, 0.5) is 17.2 Å². The summed E-state index contributed by atoms with van der Waals surface area (Å²) in [7, 11) is 0. The second-order valence-electron chi connectivity index (χ2n) is 11.2. The van der Waals surface area contributed by atoms with Gasteiger partial charge in [-0.3, -0.25) is 9.36 Å². The fraction of sp³-hybridized carbons (Fsp3) is 0.581. The van der Waals surface area contributed by atoms with Crippen molar-refractivity contribution >= 4 is 34.3 Å². The second-order valence-corrected chi connectivity index (χ2v) is 11.2. The SMILES string of the molecule is O=C(O)CCCCCCCc1ccc(Nc2cc(NC3CCCCC3)c3ncn(C4CCCCO4)c3n2)cc1. The maximum atomic E-state index is 10.6. The molecule has 2 aliphatic rings. The van der Waals surface area contributed by atoms with Crippen molar-refractivity contribution in [2.75, 3.05) is 17.2 Å². The van der Waals surface area contributed by atoms with Crippen molar-refractivity contribution in [1.29, 1.82) is 0 Å². The number of hydrogen-bond donors (Lipinski definition) is 3. The molecule has 0 spiro atoms. The molecule has 210 valence electrons. The van der Waals surface area contributed by atoms with Crippen LogP contribution in [0.1, 0.15) is 102 Å². The largest absolute Gasteiger partial charge is 0.481 e. The van der Waals surface area contributed by atoms with Gasteiger partial charge in [0.25, 0.3) is 0 Å². The van der Waals surface area contributed by atoms with E-state index >= 15 is 0 Å². The lowest BCUT2D eigenvalue weighted by molar-refractivity contribution is -0.137. The van der Waals surface area contributed by atoms with E-state index < -0.39 is 5.97 Å². The van der Waals surface area contributed by atoms with Gasteiger partial charge in [0, 0.05) is 30.8 Å². The Balaban J connectivity index is 1.25. The minimum Gasteiger partial charge on any atom is -0.481 e. The summed E-state index contributed by atoms with van der Waals surface area (Å²) in [6.45, 7) is 0.784. The molecule has 8 heteroatoms. The highest BCUT2D eigenvalue weighted by atomic mass is 16.5. The second kappa shape index (κ2) is 13.8. The third-order valence-electron chi connectivity index (χ3n) is 8.04. The standard InChI is InChI=1S/C31H43N5O3/c37-29(38)15-8-3-1-2-5-11-23-16-18-25(19-17-23)34-27-21-26(33-24-12-6-4-7-13-24)30-31(35-27)36(22-32-30)28-14-9-10-20-39-28/h16-19,21-22,24,28H,1-15,20H2,(H,37,38)(H2,33,34,35). The highest BCUT2D eigenvalue weighted by molar-refractivity contribution is 5.88. The van der Waals surface area contributed by atoms with Gasteiger partial charge in [-0.05, 0) is 69.1 Å². The van der Waals surface area contributed by atoms with E-state index in [1.54, 1.807) is 0 Å². The Kier molecular flexibility index (Phi) is 9.70. The predicted molar refractivity (Wildman–Crippen MR) is 156 cm³/mol. The van der Waals surface area contributed by atoms with Crippen LogP contribution in [0.3, 0.4) is 0 Å². The van der Waals surface area contributed by atoms with Gasteiger partial charge in [0.1, 0.15) is 17.6 Å².